The van der Waals surface area contributed by atoms with Gasteiger partial charge in [0.15, 0.2) is 0 Å². The van der Waals surface area contributed by atoms with E-state index in [1.807, 2.05) is 6.92 Å². The van der Waals surface area contributed by atoms with E-state index in [1.54, 1.807) is 0 Å². The Labute approximate surface area is 110 Å². The van der Waals surface area contributed by atoms with Gasteiger partial charge in [0.1, 0.15) is 5.82 Å². The number of ether oxygens (including phenoxy) is 1. The van der Waals surface area contributed by atoms with Gasteiger partial charge >= 0.3 is 0 Å². The minimum atomic E-state index is -0.514. The highest BCUT2D eigenvalue weighted by Gasteiger charge is 2.28. The first-order valence-corrected chi connectivity index (χ1v) is 6.28. The van der Waals surface area contributed by atoms with E-state index >= 15 is 0 Å². The summed E-state index contributed by atoms with van der Waals surface area (Å²) >= 11 is 0. The Bertz CT molecular complexity index is 473. The third-order valence-corrected chi connectivity index (χ3v) is 3.37. The molecule has 104 valence electrons. The lowest BCUT2D eigenvalue weighted by Gasteiger charge is -2.34. The minimum Gasteiger partial charge on any atom is -0.369 e. The average Bonchev–Trinajstić information content (AvgIpc) is 2.37. The number of rotatable bonds is 4. The van der Waals surface area contributed by atoms with Crippen LogP contribution in [-0.4, -0.2) is 23.6 Å². The molecule has 1 N–H and O–H groups in total. The van der Waals surface area contributed by atoms with Crippen LogP contribution < -0.4 is 5.32 Å². The monoisotopic (exact) mass is 268 g/mol. The zero-order valence-corrected chi connectivity index (χ0v) is 10.8. The summed E-state index contributed by atoms with van der Waals surface area (Å²) in [5.41, 5.74) is -0.177. The summed E-state index contributed by atoms with van der Waals surface area (Å²) in [6.07, 6.45) is 1.89. The fourth-order valence-electron chi connectivity index (χ4n) is 2.25. The van der Waals surface area contributed by atoms with Gasteiger partial charge in [0, 0.05) is 12.6 Å². The number of hydrogen-bond donors (Lipinski definition) is 1. The lowest BCUT2D eigenvalue weighted by Crippen LogP contribution is -2.45. The number of nitro groups is 1. The predicted octanol–water partition coefficient (Wildman–Crippen LogP) is 2.39. The summed E-state index contributed by atoms with van der Waals surface area (Å²) < 4.78 is 18.9. The highest BCUT2D eigenvalue weighted by Crippen LogP contribution is 2.25. The smallest absolute Gasteiger partial charge is 0.275 e. The molecule has 1 saturated heterocycles. The molecule has 0 radical (unpaired) electrons. The molecular formula is C13H17FN2O3. The molecule has 0 aromatic heterocycles. The van der Waals surface area contributed by atoms with E-state index in [0.29, 0.717) is 6.54 Å². The van der Waals surface area contributed by atoms with E-state index in [-0.39, 0.29) is 23.5 Å². The highest BCUT2D eigenvalue weighted by atomic mass is 19.1. The van der Waals surface area contributed by atoms with Crippen LogP contribution in [0, 0.1) is 15.9 Å². The van der Waals surface area contributed by atoms with Crippen LogP contribution in [0.5, 0.6) is 0 Å². The molecule has 1 aromatic carbocycles. The van der Waals surface area contributed by atoms with Crippen LogP contribution in [0.15, 0.2) is 18.2 Å². The topological polar surface area (TPSA) is 64.4 Å². The molecule has 6 heteroatoms. The Balaban J connectivity index is 2.10. The third kappa shape index (κ3) is 3.48. The average molecular weight is 268 g/mol. The fraction of sp³-hybridized carbons (Fsp3) is 0.538. The molecule has 0 aliphatic carbocycles. The molecule has 1 atom stereocenters. The van der Waals surface area contributed by atoms with Gasteiger partial charge in [0.2, 0.25) is 0 Å². The van der Waals surface area contributed by atoms with Crippen LogP contribution in [0.1, 0.15) is 25.3 Å². The zero-order valence-electron chi connectivity index (χ0n) is 10.8. The van der Waals surface area contributed by atoms with E-state index in [4.69, 9.17) is 4.74 Å². The molecule has 1 aliphatic heterocycles. The molecule has 19 heavy (non-hydrogen) atoms. The maximum absolute atomic E-state index is 13.2. The van der Waals surface area contributed by atoms with Crippen LogP contribution in [0.4, 0.5) is 10.1 Å². The molecule has 5 nitrogen and oxygen atoms in total. The van der Waals surface area contributed by atoms with E-state index in [9.17, 15) is 14.5 Å². The zero-order chi connectivity index (χ0) is 13.9. The number of nitrogens with zero attached hydrogens (tertiary/aromatic N) is 1. The lowest BCUT2D eigenvalue weighted by atomic mass is 9.96. The molecule has 0 saturated carbocycles. The summed E-state index contributed by atoms with van der Waals surface area (Å²) in [5.74, 6) is -0.490. The van der Waals surface area contributed by atoms with Gasteiger partial charge in [-0.3, -0.25) is 10.1 Å². The van der Waals surface area contributed by atoms with Gasteiger partial charge < -0.3 is 10.1 Å². The maximum Gasteiger partial charge on any atom is 0.275 e. The molecule has 1 heterocycles. The van der Waals surface area contributed by atoms with Crippen molar-refractivity contribution in [1.29, 1.82) is 0 Å². The van der Waals surface area contributed by atoms with E-state index < -0.39 is 10.7 Å². The van der Waals surface area contributed by atoms with Gasteiger partial charge in [0.25, 0.3) is 5.69 Å². The van der Waals surface area contributed by atoms with Crippen molar-refractivity contribution < 1.29 is 14.1 Å². The van der Waals surface area contributed by atoms with Crippen molar-refractivity contribution in [2.24, 2.45) is 0 Å². The van der Waals surface area contributed by atoms with Crippen molar-refractivity contribution in [3.63, 3.8) is 0 Å². The highest BCUT2D eigenvalue weighted by molar-refractivity contribution is 5.39. The van der Waals surface area contributed by atoms with Crippen molar-refractivity contribution >= 4 is 5.69 Å². The quantitative estimate of drug-likeness (QED) is 0.672. The van der Waals surface area contributed by atoms with Crippen molar-refractivity contribution in [2.45, 2.75) is 32.0 Å². The van der Waals surface area contributed by atoms with Crippen molar-refractivity contribution in [1.82, 2.24) is 5.32 Å². The Morgan fingerprint density at radius 2 is 2.37 bits per heavy atom. The molecule has 1 aliphatic rings. The van der Waals surface area contributed by atoms with E-state index in [1.165, 1.54) is 6.07 Å². The van der Waals surface area contributed by atoms with Gasteiger partial charge in [-0.2, -0.15) is 0 Å². The number of benzene rings is 1. The van der Waals surface area contributed by atoms with Gasteiger partial charge in [-0.1, -0.05) is 0 Å². The Kier molecular flexibility index (Phi) is 4.11. The van der Waals surface area contributed by atoms with Crippen molar-refractivity contribution in [2.75, 3.05) is 13.1 Å². The van der Waals surface area contributed by atoms with Gasteiger partial charge in [0.05, 0.1) is 22.7 Å². The van der Waals surface area contributed by atoms with Crippen molar-refractivity contribution in [3.05, 3.63) is 39.7 Å². The molecule has 0 amide bonds. The molecule has 1 fully saturated rings. The van der Waals surface area contributed by atoms with E-state index in [0.717, 1.165) is 31.5 Å². The second kappa shape index (κ2) is 5.63. The van der Waals surface area contributed by atoms with Crippen LogP contribution in [-0.2, 0) is 11.3 Å². The SMILES string of the molecule is CC1(OCc2cc(F)ccc2[N+](=O)[O-])CCCNC1. The van der Waals surface area contributed by atoms with Crippen LogP contribution in [0.2, 0.25) is 0 Å². The molecule has 0 bridgehead atoms. The minimum absolute atomic E-state index is 0.0479. The first-order valence-electron chi connectivity index (χ1n) is 6.28. The normalized spacial score (nSPS) is 23.3. The Morgan fingerprint density at radius 1 is 1.58 bits per heavy atom. The largest absolute Gasteiger partial charge is 0.369 e. The molecule has 1 aromatic rings. The van der Waals surface area contributed by atoms with Crippen molar-refractivity contribution in [3.8, 4) is 0 Å². The second-order valence-electron chi connectivity index (χ2n) is 5.05. The lowest BCUT2D eigenvalue weighted by molar-refractivity contribution is -0.386. The van der Waals surface area contributed by atoms with Crippen LogP contribution in [0.3, 0.4) is 0 Å². The number of nitrogens with one attached hydrogen (secondary N) is 1. The first-order chi connectivity index (χ1) is 9.00. The number of piperidine rings is 1. The third-order valence-electron chi connectivity index (χ3n) is 3.37. The molecular weight excluding hydrogens is 251 g/mol. The predicted molar refractivity (Wildman–Crippen MR) is 68.4 cm³/mol. The summed E-state index contributed by atoms with van der Waals surface area (Å²) in [5, 5.41) is 14.1. The number of hydrogen-bond acceptors (Lipinski definition) is 4. The fourth-order valence-corrected chi connectivity index (χ4v) is 2.25. The Hall–Kier alpha value is -1.53. The van der Waals surface area contributed by atoms with E-state index in [2.05, 4.69) is 5.32 Å². The summed E-state index contributed by atoms with van der Waals surface area (Å²) in [4.78, 5) is 10.4. The Morgan fingerprint density at radius 3 is 3.00 bits per heavy atom. The van der Waals surface area contributed by atoms with Gasteiger partial charge in [-0.05, 0) is 38.4 Å². The summed E-state index contributed by atoms with van der Waals surface area (Å²) in [6, 6.07) is 3.43. The molecule has 2 rings (SSSR count). The summed E-state index contributed by atoms with van der Waals surface area (Å²) in [7, 11) is 0. The van der Waals surface area contributed by atoms with Gasteiger partial charge in [-0.15, -0.1) is 0 Å². The number of nitro benzene ring substituents is 1. The molecule has 1 unspecified atom stereocenters. The first kappa shape index (κ1) is 13.9. The summed E-state index contributed by atoms with van der Waals surface area (Å²) in [6.45, 7) is 3.67. The van der Waals surface area contributed by atoms with Crippen LogP contribution >= 0.6 is 0 Å². The maximum atomic E-state index is 13.2. The van der Waals surface area contributed by atoms with Gasteiger partial charge in [-0.25, -0.2) is 4.39 Å². The van der Waals surface area contributed by atoms with Crippen LogP contribution in [0.25, 0.3) is 0 Å². The molecule has 0 spiro atoms. The number of halogens is 1. The second-order valence-corrected chi connectivity index (χ2v) is 5.05. The standard InChI is InChI=1S/C13H17FN2O3/c1-13(5-2-6-15-9-13)19-8-10-7-11(14)3-4-12(10)16(17)18/h3-4,7,15H,2,5-6,8-9H2,1H3.